The summed E-state index contributed by atoms with van der Waals surface area (Å²) in [5, 5.41) is 12.0. The van der Waals surface area contributed by atoms with Crippen molar-refractivity contribution in [3.63, 3.8) is 0 Å². The van der Waals surface area contributed by atoms with E-state index >= 15 is 0 Å². The molecule has 0 spiro atoms. The molecule has 2 aromatic rings. The van der Waals surface area contributed by atoms with E-state index in [0.29, 0.717) is 5.16 Å². The molecule has 0 N–H and O–H groups in total. The van der Waals surface area contributed by atoms with Crippen molar-refractivity contribution in [2.75, 3.05) is 14.1 Å². The summed E-state index contributed by atoms with van der Waals surface area (Å²) in [5.41, 5.74) is 0.875. The minimum atomic E-state index is -0.233. The van der Waals surface area contributed by atoms with Crippen molar-refractivity contribution < 1.29 is 4.79 Å². The van der Waals surface area contributed by atoms with Gasteiger partial charge in [0.15, 0.2) is 0 Å². The smallest absolute Gasteiger partial charge is 0.235 e. The Balaban J connectivity index is 2.19. The molecule has 1 atom stereocenters. The highest BCUT2D eigenvalue weighted by molar-refractivity contribution is 8.00. The molecule has 7 heteroatoms. The Kier molecular flexibility index (Phi) is 4.16. The van der Waals surface area contributed by atoms with Gasteiger partial charge in [0.05, 0.1) is 10.9 Å². The van der Waals surface area contributed by atoms with Gasteiger partial charge in [-0.1, -0.05) is 30.0 Å². The zero-order valence-electron chi connectivity index (χ0n) is 11.0. The molecule has 0 saturated heterocycles. The lowest BCUT2D eigenvalue weighted by Crippen LogP contribution is -2.29. The molecule has 0 bridgehead atoms. The van der Waals surface area contributed by atoms with Gasteiger partial charge in [-0.25, -0.2) is 0 Å². The van der Waals surface area contributed by atoms with Crippen LogP contribution in [0.2, 0.25) is 0 Å². The molecule has 0 aliphatic carbocycles. The van der Waals surface area contributed by atoms with Crippen LogP contribution in [0.5, 0.6) is 0 Å². The molecule has 1 heterocycles. The van der Waals surface area contributed by atoms with Crippen molar-refractivity contribution >= 4 is 17.7 Å². The van der Waals surface area contributed by atoms with E-state index in [0.717, 1.165) is 5.69 Å². The lowest BCUT2D eigenvalue weighted by atomic mass is 10.3. The van der Waals surface area contributed by atoms with Gasteiger partial charge < -0.3 is 4.90 Å². The van der Waals surface area contributed by atoms with E-state index in [9.17, 15) is 4.79 Å². The molecule has 0 aliphatic rings. The first-order valence-electron chi connectivity index (χ1n) is 5.81. The van der Waals surface area contributed by atoms with E-state index in [2.05, 4.69) is 15.5 Å². The van der Waals surface area contributed by atoms with Crippen LogP contribution in [0.4, 0.5) is 0 Å². The van der Waals surface area contributed by atoms with Gasteiger partial charge in [0, 0.05) is 14.1 Å². The zero-order valence-corrected chi connectivity index (χ0v) is 11.8. The first-order valence-corrected chi connectivity index (χ1v) is 6.69. The second-order valence-electron chi connectivity index (χ2n) is 4.20. The third-order valence-corrected chi connectivity index (χ3v) is 3.53. The molecule has 1 aromatic heterocycles. The number of amides is 1. The number of nitrogens with zero attached hydrogens (tertiary/aromatic N) is 5. The fourth-order valence-electron chi connectivity index (χ4n) is 1.56. The molecule has 0 unspecified atom stereocenters. The predicted octanol–water partition coefficient (Wildman–Crippen LogP) is 1.23. The number of thioether (sulfide) groups is 1. The molecule has 1 amide bonds. The number of benzene rings is 1. The van der Waals surface area contributed by atoms with Crippen molar-refractivity contribution in [3.05, 3.63) is 30.3 Å². The van der Waals surface area contributed by atoms with Gasteiger partial charge in [-0.15, -0.1) is 5.10 Å². The summed E-state index contributed by atoms with van der Waals surface area (Å²) in [4.78, 5) is 13.4. The van der Waals surface area contributed by atoms with Crippen LogP contribution in [-0.4, -0.2) is 50.4 Å². The highest BCUT2D eigenvalue weighted by Gasteiger charge is 2.20. The van der Waals surface area contributed by atoms with Crippen molar-refractivity contribution in [3.8, 4) is 5.69 Å². The third kappa shape index (κ3) is 3.11. The summed E-state index contributed by atoms with van der Waals surface area (Å²) in [7, 11) is 3.47. The van der Waals surface area contributed by atoms with Gasteiger partial charge >= 0.3 is 0 Å². The predicted molar refractivity (Wildman–Crippen MR) is 73.2 cm³/mol. The molecular formula is C12H15N5OS. The van der Waals surface area contributed by atoms with Gasteiger partial charge in [-0.05, 0) is 29.5 Å². The number of carbonyl (C=O) groups excluding carboxylic acids is 1. The van der Waals surface area contributed by atoms with E-state index in [1.807, 2.05) is 37.3 Å². The fourth-order valence-corrected chi connectivity index (χ4v) is 2.51. The Labute approximate surface area is 115 Å². The SMILES string of the molecule is C[C@H](Sc1nnnn1-c1ccccc1)C(=O)N(C)C. The fraction of sp³-hybridized carbons (Fsp3) is 0.333. The number of aromatic nitrogens is 4. The van der Waals surface area contributed by atoms with Gasteiger partial charge in [0.25, 0.3) is 0 Å². The molecule has 0 saturated carbocycles. The van der Waals surface area contributed by atoms with Gasteiger partial charge in [-0.2, -0.15) is 4.68 Å². The molecule has 6 nitrogen and oxygen atoms in total. The van der Waals surface area contributed by atoms with E-state index < -0.39 is 0 Å². The normalized spacial score (nSPS) is 12.2. The highest BCUT2D eigenvalue weighted by atomic mass is 32.2. The molecule has 0 fully saturated rings. The number of tetrazole rings is 1. The van der Waals surface area contributed by atoms with Gasteiger partial charge in [0.1, 0.15) is 0 Å². The van der Waals surface area contributed by atoms with E-state index in [-0.39, 0.29) is 11.2 Å². The average molecular weight is 277 g/mol. The lowest BCUT2D eigenvalue weighted by Gasteiger charge is -2.15. The van der Waals surface area contributed by atoms with Gasteiger partial charge in [-0.3, -0.25) is 4.79 Å². The summed E-state index contributed by atoms with van der Waals surface area (Å²) in [6.07, 6.45) is 0. The van der Waals surface area contributed by atoms with Crippen LogP contribution in [0, 0.1) is 0 Å². The molecule has 19 heavy (non-hydrogen) atoms. The molecular weight excluding hydrogens is 262 g/mol. The summed E-state index contributed by atoms with van der Waals surface area (Å²) >= 11 is 1.34. The van der Waals surface area contributed by atoms with Crippen LogP contribution in [0.3, 0.4) is 0 Å². The van der Waals surface area contributed by atoms with Crippen molar-refractivity contribution in [1.82, 2.24) is 25.1 Å². The second-order valence-corrected chi connectivity index (χ2v) is 5.51. The molecule has 0 aliphatic heterocycles. The maximum atomic E-state index is 11.8. The second kappa shape index (κ2) is 5.83. The first kappa shape index (κ1) is 13.5. The third-order valence-electron chi connectivity index (χ3n) is 2.51. The van der Waals surface area contributed by atoms with E-state index in [1.54, 1.807) is 23.7 Å². The molecule has 1 aromatic carbocycles. The van der Waals surface area contributed by atoms with Crippen LogP contribution in [0.15, 0.2) is 35.5 Å². The van der Waals surface area contributed by atoms with Crippen molar-refractivity contribution in [2.45, 2.75) is 17.3 Å². The largest absolute Gasteiger partial charge is 0.348 e. The summed E-state index contributed by atoms with van der Waals surface area (Å²) in [6.45, 7) is 1.84. The van der Waals surface area contributed by atoms with Crippen molar-refractivity contribution in [1.29, 1.82) is 0 Å². The Bertz CT molecular complexity index is 554. The van der Waals surface area contributed by atoms with Crippen LogP contribution in [0.25, 0.3) is 5.69 Å². The number of para-hydroxylation sites is 1. The maximum Gasteiger partial charge on any atom is 0.235 e. The first-order chi connectivity index (χ1) is 9.09. The summed E-state index contributed by atoms with van der Waals surface area (Å²) in [5.74, 6) is 0.0348. The Morgan fingerprint density at radius 2 is 2.00 bits per heavy atom. The van der Waals surface area contributed by atoms with Crippen LogP contribution in [0.1, 0.15) is 6.92 Å². The number of hydrogen-bond donors (Lipinski definition) is 0. The highest BCUT2D eigenvalue weighted by Crippen LogP contribution is 2.23. The van der Waals surface area contributed by atoms with E-state index in [4.69, 9.17) is 0 Å². The van der Waals surface area contributed by atoms with Crippen molar-refractivity contribution in [2.24, 2.45) is 0 Å². The summed E-state index contributed by atoms with van der Waals surface area (Å²) in [6, 6.07) is 9.59. The van der Waals surface area contributed by atoms with E-state index in [1.165, 1.54) is 11.8 Å². The average Bonchev–Trinajstić information content (AvgIpc) is 2.86. The van der Waals surface area contributed by atoms with Crippen LogP contribution >= 0.6 is 11.8 Å². The quantitative estimate of drug-likeness (QED) is 0.787. The van der Waals surface area contributed by atoms with Gasteiger partial charge in [0.2, 0.25) is 11.1 Å². The number of carbonyl (C=O) groups is 1. The summed E-state index contributed by atoms with van der Waals surface area (Å²) < 4.78 is 1.63. The van der Waals surface area contributed by atoms with Crippen LogP contribution in [-0.2, 0) is 4.79 Å². The Hall–Kier alpha value is -1.89. The minimum absolute atomic E-state index is 0.0348. The zero-order chi connectivity index (χ0) is 13.8. The van der Waals surface area contributed by atoms with Crippen LogP contribution < -0.4 is 0 Å². The molecule has 100 valence electrons. The standard InChI is InChI=1S/C12H15N5OS/c1-9(11(18)16(2)3)19-12-13-14-15-17(12)10-7-5-4-6-8-10/h4-9H,1-3H3/t9-/m0/s1. The number of rotatable bonds is 4. The lowest BCUT2D eigenvalue weighted by molar-refractivity contribution is -0.127. The maximum absolute atomic E-state index is 11.8. The topological polar surface area (TPSA) is 63.9 Å². The minimum Gasteiger partial charge on any atom is -0.348 e. The monoisotopic (exact) mass is 277 g/mol. The Morgan fingerprint density at radius 1 is 1.32 bits per heavy atom. The number of hydrogen-bond acceptors (Lipinski definition) is 5. The Morgan fingerprint density at radius 3 is 2.63 bits per heavy atom. The molecule has 2 rings (SSSR count). The molecule has 0 radical (unpaired) electrons.